The Morgan fingerprint density at radius 3 is 2.53 bits per heavy atom. The fourth-order valence-corrected chi connectivity index (χ4v) is 6.03. The van der Waals surface area contributed by atoms with Crippen LogP contribution in [0.25, 0.3) is 11.1 Å². The lowest BCUT2D eigenvalue weighted by Gasteiger charge is -2.44. The van der Waals surface area contributed by atoms with Crippen LogP contribution in [0.1, 0.15) is 68.2 Å². The highest BCUT2D eigenvalue weighted by molar-refractivity contribution is 6.41. The number of amidine groups is 1. The van der Waals surface area contributed by atoms with Crippen LogP contribution in [0, 0.1) is 16.7 Å². The third-order valence-corrected chi connectivity index (χ3v) is 7.70. The molecule has 1 unspecified atom stereocenters. The Hall–Kier alpha value is -3.11. The first kappa shape index (κ1) is 22.7. The van der Waals surface area contributed by atoms with Crippen LogP contribution in [-0.4, -0.2) is 24.3 Å². The molecule has 0 aromatic heterocycles. The maximum absolute atomic E-state index is 13.5. The number of alkyl halides is 2. The highest BCUT2D eigenvalue weighted by Gasteiger charge is 2.60. The molecule has 1 fully saturated rings. The lowest BCUT2D eigenvalue weighted by molar-refractivity contribution is -0.0181. The molecule has 2 spiro atoms. The monoisotopic (exact) mass is 462 g/mol. The van der Waals surface area contributed by atoms with Gasteiger partial charge in [0.2, 0.25) is 0 Å². The maximum atomic E-state index is 13.5. The Bertz CT molecular complexity index is 1220. The summed E-state index contributed by atoms with van der Waals surface area (Å²) in [7, 11) is 0. The molecule has 1 heterocycles. The number of nitrogens with two attached hydrogens (primary N) is 1. The van der Waals surface area contributed by atoms with Gasteiger partial charge in [-0.05, 0) is 86.9 Å². The molecule has 34 heavy (non-hydrogen) atoms. The minimum absolute atomic E-state index is 0.160. The number of nitrogens with zero attached hydrogens (tertiary/aromatic N) is 3. The van der Waals surface area contributed by atoms with Gasteiger partial charge in [0.15, 0.2) is 5.66 Å². The van der Waals surface area contributed by atoms with Crippen molar-refractivity contribution >= 4 is 11.5 Å². The number of hydrogen-bond donors (Lipinski definition) is 1. The van der Waals surface area contributed by atoms with Gasteiger partial charge < -0.3 is 10.5 Å². The molecule has 3 aliphatic rings. The summed E-state index contributed by atoms with van der Waals surface area (Å²) in [6.45, 7) is 4.62. The van der Waals surface area contributed by atoms with Crippen LogP contribution >= 0.6 is 0 Å². The molecule has 5 rings (SSSR count). The predicted octanol–water partition coefficient (Wildman–Crippen LogP) is 5.67. The van der Waals surface area contributed by atoms with Gasteiger partial charge in [0.1, 0.15) is 5.84 Å². The zero-order valence-corrected chi connectivity index (χ0v) is 19.4. The second-order valence-electron chi connectivity index (χ2n) is 9.61. The van der Waals surface area contributed by atoms with Crippen molar-refractivity contribution in [3.8, 4) is 17.2 Å². The van der Waals surface area contributed by atoms with Crippen molar-refractivity contribution in [2.75, 3.05) is 6.61 Å². The number of benzene rings is 2. The van der Waals surface area contributed by atoms with E-state index in [0.29, 0.717) is 18.0 Å². The Labute approximate surface area is 198 Å². The highest BCUT2D eigenvalue weighted by atomic mass is 19.3. The molecule has 176 valence electrons. The average molecular weight is 463 g/mol. The van der Waals surface area contributed by atoms with Gasteiger partial charge in [-0.15, -0.1) is 0 Å². The zero-order valence-electron chi connectivity index (χ0n) is 19.4. The number of hydrogen-bond acceptors (Lipinski definition) is 5. The summed E-state index contributed by atoms with van der Waals surface area (Å²) < 4.78 is 32.9. The molecule has 0 bridgehead atoms. The molecule has 7 heteroatoms. The molecule has 2 aromatic carbocycles. The summed E-state index contributed by atoms with van der Waals surface area (Å²) in [5, 5.41) is 9.37. The summed E-state index contributed by atoms with van der Waals surface area (Å²) in [5.41, 5.74) is 9.57. The standard InChI is InChI=1S/C27H28F2N4O/c1-3-34-22-6-8-26(9-7-22)14-19-5-4-18(13-23(19)27(26)32-16(2)25(31)33-27)20-10-17(15-30)11-21(12-20)24(28)29/h4-5,10-13,22,24H,3,6-9,14H2,1-2H3,(H2,31,33)/t22-,26-,27?. The molecule has 0 saturated heterocycles. The SMILES string of the molecule is CCO[C@H]1CC[C@]2(CC1)Cc1ccc(-c3cc(C#N)cc(C(F)F)c3)cc1C21N=C(C)C(N)=N1. The predicted molar refractivity (Wildman–Crippen MR) is 128 cm³/mol. The van der Waals surface area contributed by atoms with E-state index < -0.39 is 12.1 Å². The van der Waals surface area contributed by atoms with Gasteiger partial charge in [0, 0.05) is 23.1 Å². The van der Waals surface area contributed by atoms with Crippen LogP contribution in [-0.2, 0) is 16.8 Å². The first-order valence-electron chi connectivity index (χ1n) is 11.8. The maximum Gasteiger partial charge on any atom is 0.263 e. The third-order valence-electron chi connectivity index (χ3n) is 7.70. The molecule has 2 aromatic rings. The largest absolute Gasteiger partial charge is 0.382 e. The number of rotatable bonds is 4. The van der Waals surface area contributed by atoms with E-state index in [9.17, 15) is 14.0 Å². The van der Waals surface area contributed by atoms with E-state index in [1.807, 2.05) is 32.0 Å². The minimum atomic E-state index is -2.65. The van der Waals surface area contributed by atoms with Gasteiger partial charge in [0.05, 0.1) is 23.4 Å². The molecule has 2 aliphatic carbocycles. The normalized spacial score (nSPS) is 27.7. The molecule has 1 aliphatic heterocycles. The second-order valence-corrected chi connectivity index (χ2v) is 9.61. The van der Waals surface area contributed by atoms with Gasteiger partial charge >= 0.3 is 0 Å². The molecule has 1 atom stereocenters. The lowest BCUT2D eigenvalue weighted by atomic mass is 9.65. The van der Waals surface area contributed by atoms with E-state index >= 15 is 0 Å². The van der Waals surface area contributed by atoms with Crippen molar-refractivity contribution in [2.45, 2.75) is 64.1 Å². The van der Waals surface area contributed by atoms with E-state index in [1.165, 1.54) is 17.7 Å². The third kappa shape index (κ3) is 3.43. The van der Waals surface area contributed by atoms with E-state index in [2.05, 4.69) is 6.07 Å². The fourth-order valence-electron chi connectivity index (χ4n) is 6.03. The van der Waals surface area contributed by atoms with Crippen molar-refractivity contribution in [3.05, 3.63) is 58.7 Å². The number of nitriles is 1. The fraction of sp³-hybridized carbons (Fsp3) is 0.444. The van der Waals surface area contributed by atoms with E-state index in [-0.39, 0.29) is 22.6 Å². The molecular weight excluding hydrogens is 434 g/mol. The van der Waals surface area contributed by atoms with Gasteiger partial charge in [-0.2, -0.15) is 5.26 Å². The van der Waals surface area contributed by atoms with E-state index in [0.717, 1.165) is 48.9 Å². The summed E-state index contributed by atoms with van der Waals surface area (Å²) in [4.78, 5) is 10.1. The highest BCUT2D eigenvalue weighted by Crippen LogP contribution is 2.62. The van der Waals surface area contributed by atoms with Crippen molar-refractivity contribution in [2.24, 2.45) is 21.1 Å². The van der Waals surface area contributed by atoms with Crippen molar-refractivity contribution < 1.29 is 13.5 Å². The van der Waals surface area contributed by atoms with Crippen molar-refractivity contribution in [1.29, 1.82) is 5.26 Å². The second kappa shape index (κ2) is 8.28. The Balaban J connectivity index is 1.62. The molecule has 5 nitrogen and oxygen atoms in total. The van der Waals surface area contributed by atoms with Crippen LogP contribution in [0.2, 0.25) is 0 Å². The van der Waals surface area contributed by atoms with Gasteiger partial charge in [0.25, 0.3) is 6.43 Å². The quantitative estimate of drug-likeness (QED) is 0.635. The summed E-state index contributed by atoms with van der Waals surface area (Å²) in [6, 6.07) is 12.4. The van der Waals surface area contributed by atoms with Crippen LogP contribution in [0.5, 0.6) is 0 Å². The number of ether oxygens (including phenoxy) is 1. The van der Waals surface area contributed by atoms with E-state index in [1.54, 1.807) is 6.07 Å². The van der Waals surface area contributed by atoms with Crippen LogP contribution < -0.4 is 5.73 Å². The first-order valence-corrected chi connectivity index (χ1v) is 11.8. The van der Waals surface area contributed by atoms with Gasteiger partial charge in [-0.25, -0.2) is 13.8 Å². The van der Waals surface area contributed by atoms with Crippen LogP contribution in [0.3, 0.4) is 0 Å². The Morgan fingerprint density at radius 2 is 1.91 bits per heavy atom. The Morgan fingerprint density at radius 1 is 1.15 bits per heavy atom. The molecular formula is C27H28F2N4O. The summed E-state index contributed by atoms with van der Waals surface area (Å²) in [6.07, 6.45) is 2.19. The zero-order chi connectivity index (χ0) is 24.1. The number of halogens is 2. The van der Waals surface area contributed by atoms with Gasteiger partial charge in [-0.3, -0.25) is 4.99 Å². The molecule has 0 amide bonds. The van der Waals surface area contributed by atoms with E-state index in [4.69, 9.17) is 20.5 Å². The average Bonchev–Trinajstić information content (AvgIpc) is 3.28. The number of aliphatic imine (C=N–C) groups is 2. The summed E-state index contributed by atoms with van der Waals surface area (Å²) >= 11 is 0. The van der Waals surface area contributed by atoms with Gasteiger partial charge in [-0.1, -0.05) is 12.1 Å². The minimum Gasteiger partial charge on any atom is -0.382 e. The summed E-state index contributed by atoms with van der Waals surface area (Å²) in [5.74, 6) is 0.455. The molecule has 1 saturated carbocycles. The first-order chi connectivity index (χ1) is 16.3. The number of fused-ring (bicyclic) bond motifs is 3. The Kier molecular flexibility index (Phi) is 5.52. The van der Waals surface area contributed by atoms with Crippen LogP contribution in [0.4, 0.5) is 8.78 Å². The van der Waals surface area contributed by atoms with Crippen LogP contribution in [0.15, 0.2) is 46.4 Å². The molecule has 0 radical (unpaired) electrons. The smallest absolute Gasteiger partial charge is 0.263 e. The lowest BCUT2D eigenvalue weighted by Crippen LogP contribution is -2.43. The van der Waals surface area contributed by atoms with Crippen molar-refractivity contribution in [3.63, 3.8) is 0 Å². The van der Waals surface area contributed by atoms with Crippen molar-refractivity contribution in [1.82, 2.24) is 0 Å². The molecule has 2 N–H and O–H groups in total. The topological polar surface area (TPSA) is 83.8 Å².